The second kappa shape index (κ2) is 7.86. The van der Waals surface area contributed by atoms with Crippen molar-refractivity contribution in [1.82, 2.24) is 5.32 Å². The smallest absolute Gasteiger partial charge is 0.00642 e. The molecule has 0 bridgehead atoms. The highest BCUT2D eigenvalue weighted by Gasteiger charge is 2.07. The fraction of sp³-hybridized carbons (Fsp3) is 0.714. The maximum atomic E-state index is 3.44. The molecule has 0 radical (unpaired) electrons. The summed E-state index contributed by atoms with van der Waals surface area (Å²) in [6.07, 6.45) is 6.52. The van der Waals surface area contributed by atoms with Gasteiger partial charge in [-0.1, -0.05) is 19.9 Å². The first-order valence-corrected chi connectivity index (χ1v) is 7.30. The van der Waals surface area contributed by atoms with E-state index in [1.54, 1.807) is 0 Å². The van der Waals surface area contributed by atoms with Crippen molar-refractivity contribution in [3.63, 3.8) is 0 Å². The quantitative estimate of drug-likeness (QED) is 0.720. The molecule has 1 heterocycles. The third-order valence-corrected chi connectivity index (χ3v) is 3.99. The van der Waals surface area contributed by atoms with Gasteiger partial charge < -0.3 is 5.32 Å². The van der Waals surface area contributed by atoms with E-state index in [1.165, 1.54) is 37.0 Å². The highest BCUT2D eigenvalue weighted by atomic mass is 32.1. The van der Waals surface area contributed by atoms with Crippen LogP contribution in [0.1, 0.15) is 44.4 Å². The molecule has 1 aromatic heterocycles. The van der Waals surface area contributed by atoms with Gasteiger partial charge in [0.1, 0.15) is 0 Å². The molecule has 0 aliphatic rings. The van der Waals surface area contributed by atoms with Gasteiger partial charge in [-0.25, -0.2) is 0 Å². The molecule has 1 rings (SSSR count). The first kappa shape index (κ1) is 13.7. The first-order chi connectivity index (χ1) is 7.72. The van der Waals surface area contributed by atoms with Gasteiger partial charge in [-0.05, 0) is 56.5 Å². The van der Waals surface area contributed by atoms with Crippen molar-refractivity contribution >= 4 is 11.3 Å². The molecule has 0 fully saturated rings. The van der Waals surface area contributed by atoms with Gasteiger partial charge in [-0.15, -0.1) is 11.3 Å². The summed E-state index contributed by atoms with van der Waals surface area (Å²) in [7, 11) is 2.09. The molecule has 1 aromatic rings. The van der Waals surface area contributed by atoms with Gasteiger partial charge in [0.25, 0.3) is 0 Å². The largest absolute Gasteiger partial charge is 0.317 e. The Kier molecular flexibility index (Phi) is 6.74. The highest BCUT2D eigenvalue weighted by molar-refractivity contribution is 7.09. The van der Waals surface area contributed by atoms with E-state index in [9.17, 15) is 0 Å². The minimum atomic E-state index is 0.711. The number of hydrogen-bond acceptors (Lipinski definition) is 2. The Balaban J connectivity index is 2.13. The molecule has 0 saturated heterocycles. The molecule has 0 spiro atoms. The van der Waals surface area contributed by atoms with E-state index in [-0.39, 0.29) is 0 Å². The van der Waals surface area contributed by atoms with Crippen molar-refractivity contribution in [3.8, 4) is 0 Å². The van der Waals surface area contributed by atoms with E-state index in [1.807, 2.05) is 11.3 Å². The molecule has 1 unspecified atom stereocenters. The molecule has 0 saturated carbocycles. The average Bonchev–Trinajstić information content (AvgIpc) is 2.75. The number of hydrogen-bond donors (Lipinski definition) is 1. The lowest BCUT2D eigenvalue weighted by Gasteiger charge is -2.16. The number of aryl methyl sites for hydroxylation is 1. The minimum absolute atomic E-state index is 0.711. The van der Waals surface area contributed by atoms with Crippen LogP contribution >= 0.6 is 11.3 Å². The van der Waals surface area contributed by atoms with Crippen molar-refractivity contribution in [2.75, 3.05) is 7.05 Å². The van der Waals surface area contributed by atoms with Crippen LogP contribution in [0.25, 0.3) is 0 Å². The molecule has 16 heavy (non-hydrogen) atoms. The topological polar surface area (TPSA) is 12.0 Å². The molecular weight excluding hydrogens is 214 g/mol. The van der Waals surface area contributed by atoms with Crippen LogP contribution in [0.2, 0.25) is 0 Å². The lowest BCUT2D eigenvalue weighted by Crippen LogP contribution is -2.25. The lowest BCUT2D eigenvalue weighted by atomic mass is 9.99. The van der Waals surface area contributed by atoms with Crippen LogP contribution in [0.5, 0.6) is 0 Å². The maximum Gasteiger partial charge on any atom is 0.00642 e. The Bertz CT molecular complexity index is 254. The molecule has 0 aliphatic carbocycles. The Labute approximate surface area is 104 Å². The third kappa shape index (κ3) is 5.66. The van der Waals surface area contributed by atoms with Crippen molar-refractivity contribution in [2.45, 2.75) is 52.0 Å². The molecular formula is C14H25NS. The maximum absolute atomic E-state index is 3.44. The van der Waals surface area contributed by atoms with Gasteiger partial charge in [0, 0.05) is 10.9 Å². The summed E-state index contributed by atoms with van der Waals surface area (Å²) in [6.45, 7) is 4.61. The van der Waals surface area contributed by atoms with Gasteiger partial charge in [0.2, 0.25) is 0 Å². The van der Waals surface area contributed by atoms with E-state index in [4.69, 9.17) is 0 Å². The number of rotatable bonds is 8. The predicted octanol–water partition coefficient (Wildman–Crippen LogP) is 4.10. The van der Waals surface area contributed by atoms with Crippen LogP contribution in [0.4, 0.5) is 0 Å². The SMILES string of the molecule is CNC(CCCc1cccs1)CCC(C)C. The van der Waals surface area contributed by atoms with Crippen LogP contribution < -0.4 is 5.32 Å². The zero-order valence-corrected chi connectivity index (χ0v) is 11.6. The lowest BCUT2D eigenvalue weighted by molar-refractivity contribution is 0.425. The molecule has 1 nitrogen and oxygen atoms in total. The molecule has 1 N–H and O–H groups in total. The summed E-state index contributed by atoms with van der Waals surface area (Å²) in [4.78, 5) is 1.53. The Morgan fingerprint density at radius 2 is 2.06 bits per heavy atom. The second-order valence-electron chi connectivity index (χ2n) is 4.93. The van der Waals surface area contributed by atoms with E-state index < -0.39 is 0 Å². The third-order valence-electron chi connectivity index (χ3n) is 3.06. The van der Waals surface area contributed by atoms with Crippen LogP contribution in [-0.4, -0.2) is 13.1 Å². The zero-order valence-electron chi connectivity index (χ0n) is 10.8. The molecule has 1 atom stereocenters. The van der Waals surface area contributed by atoms with Crippen molar-refractivity contribution in [2.24, 2.45) is 5.92 Å². The van der Waals surface area contributed by atoms with Gasteiger partial charge in [-0.3, -0.25) is 0 Å². The predicted molar refractivity (Wildman–Crippen MR) is 74.2 cm³/mol. The van der Waals surface area contributed by atoms with E-state index in [0.717, 1.165) is 5.92 Å². The summed E-state index contributed by atoms with van der Waals surface area (Å²) < 4.78 is 0. The Hall–Kier alpha value is -0.340. The fourth-order valence-corrected chi connectivity index (χ4v) is 2.70. The highest BCUT2D eigenvalue weighted by Crippen LogP contribution is 2.15. The summed E-state index contributed by atoms with van der Waals surface area (Å²) in [5.74, 6) is 0.827. The van der Waals surface area contributed by atoms with Crippen LogP contribution in [0.15, 0.2) is 17.5 Å². The standard InChI is InChI=1S/C14H25NS/c1-12(2)9-10-13(15-3)6-4-7-14-8-5-11-16-14/h5,8,11-13,15H,4,6-7,9-10H2,1-3H3. The summed E-state index contributed by atoms with van der Waals surface area (Å²) in [5.41, 5.74) is 0. The molecule has 92 valence electrons. The van der Waals surface area contributed by atoms with Gasteiger partial charge in [0.15, 0.2) is 0 Å². The summed E-state index contributed by atoms with van der Waals surface area (Å²) in [6, 6.07) is 5.10. The van der Waals surface area contributed by atoms with Crippen LogP contribution in [-0.2, 0) is 6.42 Å². The first-order valence-electron chi connectivity index (χ1n) is 6.42. The summed E-state index contributed by atoms with van der Waals surface area (Å²) in [5, 5.41) is 5.61. The molecule has 2 heteroatoms. The zero-order chi connectivity index (χ0) is 11.8. The van der Waals surface area contributed by atoms with E-state index in [2.05, 4.69) is 43.7 Å². The van der Waals surface area contributed by atoms with E-state index >= 15 is 0 Å². The van der Waals surface area contributed by atoms with Gasteiger partial charge >= 0.3 is 0 Å². The Morgan fingerprint density at radius 3 is 2.62 bits per heavy atom. The average molecular weight is 239 g/mol. The minimum Gasteiger partial charge on any atom is -0.317 e. The van der Waals surface area contributed by atoms with Gasteiger partial charge in [-0.2, -0.15) is 0 Å². The molecule has 0 amide bonds. The molecule has 0 aliphatic heterocycles. The number of thiophene rings is 1. The normalized spacial score (nSPS) is 13.2. The Morgan fingerprint density at radius 1 is 1.25 bits per heavy atom. The van der Waals surface area contributed by atoms with Crippen molar-refractivity contribution < 1.29 is 0 Å². The van der Waals surface area contributed by atoms with Gasteiger partial charge in [0.05, 0.1) is 0 Å². The van der Waals surface area contributed by atoms with Crippen LogP contribution in [0.3, 0.4) is 0 Å². The second-order valence-corrected chi connectivity index (χ2v) is 5.96. The van der Waals surface area contributed by atoms with Crippen LogP contribution in [0, 0.1) is 5.92 Å². The van der Waals surface area contributed by atoms with Crippen molar-refractivity contribution in [3.05, 3.63) is 22.4 Å². The van der Waals surface area contributed by atoms with Crippen molar-refractivity contribution in [1.29, 1.82) is 0 Å². The molecule has 0 aromatic carbocycles. The monoisotopic (exact) mass is 239 g/mol. The van der Waals surface area contributed by atoms with E-state index in [0.29, 0.717) is 6.04 Å². The summed E-state index contributed by atoms with van der Waals surface area (Å²) >= 11 is 1.88. The fourth-order valence-electron chi connectivity index (χ4n) is 1.95. The number of nitrogens with one attached hydrogen (secondary N) is 1.